The molecule has 3 nitrogen and oxygen atoms in total. The number of hydrogen-bond donors (Lipinski definition) is 3. The van der Waals surface area contributed by atoms with Crippen LogP contribution in [0, 0.1) is 17.7 Å². The monoisotopic (exact) mass is 379 g/mol. The van der Waals surface area contributed by atoms with Gasteiger partial charge in [-0.1, -0.05) is 43.3 Å². The lowest BCUT2D eigenvalue weighted by Gasteiger charge is -2.27. The fraction of sp³-hybridized carbons (Fsp3) is 0.500. The molecule has 2 aromatic carbocycles. The Labute approximate surface area is 167 Å². The second-order valence-corrected chi connectivity index (χ2v) is 9.00. The number of benzene rings is 2. The molecule has 2 aliphatic carbocycles. The average Bonchev–Trinajstić information content (AvgIpc) is 3.27. The molecule has 1 saturated carbocycles. The Hall–Kier alpha value is -1.75. The Kier molecular flexibility index (Phi) is 4.95. The van der Waals surface area contributed by atoms with Crippen LogP contribution in [0.2, 0.25) is 0 Å². The van der Waals surface area contributed by atoms with E-state index in [0.717, 1.165) is 24.4 Å². The second kappa shape index (κ2) is 7.58. The number of halogens is 1. The molecule has 0 spiro atoms. The number of hydrogen-bond acceptors (Lipinski definition) is 3. The van der Waals surface area contributed by atoms with E-state index in [-0.39, 0.29) is 17.9 Å². The van der Waals surface area contributed by atoms with E-state index in [4.69, 9.17) is 0 Å². The highest BCUT2D eigenvalue weighted by Crippen LogP contribution is 2.46. The van der Waals surface area contributed by atoms with Crippen molar-refractivity contribution >= 4 is 0 Å². The van der Waals surface area contributed by atoms with Crippen LogP contribution in [-0.2, 0) is 13.0 Å². The minimum absolute atomic E-state index is 0.0180. The lowest BCUT2D eigenvalue weighted by Crippen LogP contribution is -2.32. The largest absolute Gasteiger partial charge is 0.310 e. The van der Waals surface area contributed by atoms with E-state index >= 15 is 0 Å². The predicted octanol–water partition coefficient (Wildman–Crippen LogP) is 4.56. The van der Waals surface area contributed by atoms with E-state index in [9.17, 15) is 4.39 Å². The van der Waals surface area contributed by atoms with Gasteiger partial charge in [-0.2, -0.15) is 0 Å². The van der Waals surface area contributed by atoms with Crippen LogP contribution in [0.25, 0.3) is 0 Å². The van der Waals surface area contributed by atoms with Gasteiger partial charge in [-0.05, 0) is 60.8 Å². The van der Waals surface area contributed by atoms with Crippen molar-refractivity contribution in [3.05, 3.63) is 70.5 Å². The second-order valence-electron chi connectivity index (χ2n) is 9.00. The van der Waals surface area contributed by atoms with Crippen molar-refractivity contribution in [2.75, 3.05) is 0 Å². The van der Waals surface area contributed by atoms with Gasteiger partial charge in [-0.3, -0.25) is 0 Å². The SMILES string of the molecule is CC1CCC(NCc2ccc3c(c2)CC2C(c4ccccc4F)NNC32)CC1. The Bertz CT molecular complexity index is 843. The number of hydrazine groups is 1. The zero-order valence-corrected chi connectivity index (χ0v) is 16.5. The summed E-state index contributed by atoms with van der Waals surface area (Å²) in [5.74, 6) is 1.13. The summed E-state index contributed by atoms with van der Waals surface area (Å²) < 4.78 is 14.3. The van der Waals surface area contributed by atoms with Crippen molar-refractivity contribution in [3.63, 3.8) is 0 Å². The van der Waals surface area contributed by atoms with Crippen LogP contribution in [0.1, 0.15) is 66.9 Å². The van der Waals surface area contributed by atoms with Crippen LogP contribution in [-0.4, -0.2) is 6.04 Å². The van der Waals surface area contributed by atoms with Gasteiger partial charge >= 0.3 is 0 Å². The van der Waals surface area contributed by atoms with Gasteiger partial charge in [0.25, 0.3) is 0 Å². The molecule has 3 unspecified atom stereocenters. The predicted molar refractivity (Wildman–Crippen MR) is 110 cm³/mol. The quantitative estimate of drug-likeness (QED) is 0.729. The minimum Gasteiger partial charge on any atom is -0.310 e. The fourth-order valence-corrected chi connectivity index (χ4v) is 5.40. The first-order valence-electron chi connectivity index (χ1n) is 10.8. The van der Waals surface area contributed by atoms with E-state index in [1.165, 1.54) is 42.4 Å². The van der Waals surface area contributed by atoms with E-state index < -0.39 is 0 Å². The lowest BCUT2D eigenvalue weighted by molar-refractivity contribution is 0.306. The highest BCUT2D eigenvalue weighted by molar-refractivity contribution is 5.41. The molecule has 148 valence electrons. The molecule has 1 aliphatic heterocycles. The van der Waals surface area contributed by atoms with Crippen molar-refractivity contribution in [1.29, 1.82) is 0 Å². The summed E-state index contributed by atoms with van der Waals surface area (Å²) >= 11 is 0. The molecule has 4 heteroatoms. The third-order valence-electron chi connectivity index (χ3n) is 7.10. The molecular formula is C24H30FN3. The maximum absolute atomic E-state index is 14.3. The molecule has 0 aromatic heterocycles. The van der Waals surface area contributed by atoms with Crippen molar-refractivity contribution < 1.29 is 4.39 Å². The highest BCUT2D eigenvalue weighted by Gasteiger charge is 2.43. The van der Waals surface area contributed by atoms with Crippen molar-refractivity contribution in [2.45, 2.75) is 63.7 Å². The zero-order chi connectivity index (χ0) is 19.1. The molecule has 1 heterocycles. The molecule has 1 saturated heterocycles. The van der Waals surface area contributed by atoms with Crippen LogP contribution in [0.3, 0.4) is 0 Å². The van der Waals surface area contributed by atoms with E-state index in [0.29, 0.717) is 12.0 Å². The van der Waals surface area contributed by atoms with Gasteiger partial charge in [0.1, 0.15) is 5.82 Å². The maximum Gasteiger partial charge on any atom is 0.128 e. The van der Waals surface area contributed by atoms with Gasteiger partial charge in [-0.15, -0.1) is 0 Å². The molecule has 3 aliphatic rings. The Morgan fingerprint density at radius 1 is 0.964 bits per heavy atom. The summed E-state index contributed by atoms with van der Waals surface area (Å²) in [5.41, 5.74) is 11.7. The topological polar surface area (TPSA) is 36.1 Å². The van der Waals surface area contributed by atoms with Gasteiger partial charge in [0.2, 0.25) is 0 Å². The summed E-state index contributed by atoms with van der Waals surface area (Å²) in [6.07, 6.45) is 6.29. The molecule has 5 rings (SSSR count). The van der Waals surface area contributed by atoms with Gasteiger partial charge in [0.15, 0.2) is 0 Å². The van der Waals surface area contributed by atoms with Crippen molar-refractivity contribution in [1.82, 2.24) is 16.2 Å². The van der Waals surface area contributed by atoms with Crippen LogP contribution in [0.5, 0.6) is 0 Å². The molecule has 2 fully saturated rings. The van der Waals surface area contributed by atoms with Gasteiger partial charge in [0, 0.05) is 24.1 Å². The lowest BCUT2D eigenvalue weighted by atomic mass is 9.87. The molecule has 3 N–H and O–H groups in total. The maximum atomic E-state index is 14.3. The molecular weight excluding hydrogens is 349 g/mol. The summed E-state index contributed by atoms with van der Waals surface area (Å²) in [6.45, 7) is 3.31. The Morgan fingerprint density at radius 2 is 1.71 bits per heavy atom. The van der Waals surface area contributed by atoms with E-state index in [1.54, 1.807) is 12.1 Å². The number of nitrogens with one attached hydrogen (secondary N) is 3. The molecule has 28 heavy (non-hydrogen) atoms. The summed E-state index contributed by atoms with van der Waals surface area (Å²) in [4.78, 5) is 0. The van der Waals surface area contributed by atoms with Gasteiger partial charge in [0.05, 0.1) is 12.1 Å². The van der Waals surface area contributed by atoms with Gasteiger partial charge < -0.3 is 5.32 Å². The standard InChI is InChI=1S/C24H30FN3/c1-15-6-9-18(10-7-15)26-14-16-8-11-19-17(12-16)13-21-23(19)27-28-24(21)20-4-2-3-5-22(20)25/h2-5,8,11-12,15,18,21,23-24,26-28H,6-7,9-10,13-14H2,1H3. The first kappa shape index (κ1) is 18.3. The number of fused-ring (bicyclic) bond motifs is 3. The van der Waals surface area contributed by atoms with Gasteiger partial charge in [-0.25, -0.2) is 15.2 Å². The number of rotatable bonds is 4. The Balaban J connectivity index is 1.27. The average molecular weight is 380 g/mol. The third-order valence-corrected chi connectivity index (χ3v) is 7.10. The smallest absolute Gasteiger partial charge is 0.128 e. The molecule has 0 amide bonds. The Morgan fingerprint density at radius 3 is 2.50 bits per heavy atom. The molecule has 3 atom stereocenters. The molecule has 2 aromatic rings. The molecule has 0 radical (unpaired) electrons. The minimum atomic E-state index is -0.120. The first-order valence-corrected chi connectivity index (χ1v) is 10.8. The van der Waals surface area contributed by atoms with Crippen LogP contribution < -0.4 is 16.2 Å². The summed E-state index contributed by atoms with van der Waals surface area (Å²) in [5, 5.41) is 3.76. The highest BCUT2D eigenvalue weighted by atomic mass is 19.1. The van der Waals surface area contributed by atoms with Crippen molar-refractivity contribution in [2.24, 2.45) is 11.8 Å². The van der Waals surface area contributed by atoms with Crippen LogP contribution in [0.4, 0.5) is 4.39 Å². The third kappa shape index (κ3) is 3.38. The first-order chi connectivity index (χ1) is 13.7. The molecule has 0 bridgehead atoms. The fourth-order valence-electron chi connectivity index (χ4n) is 5.40. The van der Waals surface area contributed by atoms with Crippen molar-refractivity contribution in [3.8, 4) is 0 Å². The summed E-state index contributed by atoms with van der Waals surface area (Å²) in [7, 11) is 0. The van der Waals surface area contributed by atoms with Crippen LogP contribution in [0.15, 0.2) is 42.5 Å². The van der Waals surface area contributed by atoms with E-state index in [2.05, 4.69) is 41.3 Å². The summed E-state index contributed by atoms with van der Waals surface area (Å²) in [6, 6.07) is 15.0. The van der Waals surface area contributed by atoms with Crippen LogP contribution >= 0.6 is 0 Å². The zero-order valence-electron chi connectivity index (χ0n) is 16.5. The van der Waals surface area contributed by atoms with E-state index in [1.807, 2.05) is 12.1 Å². The normalized spacial score (nSPS) is 31.6.